The van der Waals surface area contributed by atoms with Gasteiger partial charge in [0.25, 0.3) is 15.9 Å². The zero-order valence-electron chi connectivity index (χ0n) is 51.7. The van der Waals surface area contributed by atoms with Gasteiger partial charge in [0, 0.05) is 94.0 Å². The van der Waals surface area contributed by atoms with E-state index in [4.69, 9.17) is 14.2 Å². The predicted octanol–water partition coefficient (Wildman–Crippen LogP) is 8.71. The lowest BCUT2D eigenvalue weighted by Crippen LogP contribution is -2.49. The smallest absolute Gasteiger partial charge is 0.328 e. The fourth-order valence-electron chi connectivity index (χ4n) is 11.4. The van der Waals surface area contributed by atoms with Crippen LogP contribution in [0.4, 0.5) is 11.5 Å². The number of hydrogen-bond donors (Lipinski definition) is 4. The normalized spacial score (nSPS) is 16.7. The molecule has 89 heavy (non-hydrogen) atoms. The van der Waals surface area contributed by atoms with Crippen LogP contribution >= 0.6 is 11.3 Å². The maximum atomic E-state index is 14.6. The van der Waals surface area contributed by atoms with Crippen molar-refractivity contribution in [1.82, 2.24) is 49.3 Å². The first kappa shape index (κ1) is 63.4. The van der Waals surface area contributed by atoms with Gasteiger partial charge in [-0.3, -0.25) is 32.9 Å². The lowest BCUT2D eigenvalue weighted by Gasteiger charge is -2.30. The van der Waals surface area contributed by atoms with Gasteiger partial charge in [0.15, 0.2) is 5.75 Å². The van der Waals surface area contributed by atoms with E-state index in [1.165, 1.54) is 32.2 Å². The van der Waals surface area contributed by atoms with Crippen molar-refractivity contribution >= 4 is 61.6 Å². The van der Waals surface area contributed by atoms with E-state index >= 15 is 0 Å². The van der Waals surface area contributed by atoms with Crippen LogP contribution in [0.2, 0.25) is 0 Å². The minimum absolute atomic E-state index is 0.0148. The minimum atomic E-state index is -4.39. The third-order valence-electron chi connectivity index (χ3n) is 16.2. The zero-order valence-corrected chi connectivity index (χ0v) is 53.3. The quantitative estimate of drug-likeness (QED) is 0.0391. The van der Waals surface area contributed by atoms with Gasteiger partial charge in [-0.15, -0.1) is 11.3 Å². The van der Waals surface area contributed by atoms with Crippen molar-refractivity contribution in [2.24, 2.45) is 20.0 Å². The Labute approximate surface area is 522 Å². The van der Waals surface area contributed by atoms with Crippen LogP contribution in [-0.2, 0) is 33.7 Å². The molecular formula is C65H78N12O10S2. The van der Waals surface area contributed by atoms with E-state index in [0.717, 1.165) is 58.6 Å². The van der Waals surface area contributed by atoms with Gasteiger partial charge in [0.2, 0.25) is 11.8 Å². The van der Waals surface area contributed by atoms with Gasteiger partial charge in [-0.2, -0.15) is 5.10 Å². The van der Waals surface area contributed by atoms with E-state index in [1.54, 1.807) is 78.9 Å². The molecule has 470 valence electrons. The first-order valence-electron chi connectivity index (χ1n) is 30.1. The molecule has 3 amide bonds. The van der Waals surface area contributed by atoms with E-state index in [9.17, 15) is 32.7 Å². The van der Waals surface area contributed by atoms with Crippen molar-refractivity contribution in [3.63, 3.8) is 0 Å². The molecule has 4 N–H and O–H groups in total. The number of aliphatic hydroxyl groups is 1. The van der Waals surface area contributed by atoms with Crippen molar-refractivity contribution in [1.29, 1.82) is 0 Å². The first-order valence-corrected chi connectivity index (χ1v) is 32.4. The Morgan fingerprint density at radius 1 is 0.854 bits per heavy atom. The number of benzene rings is 4. The number of nitrogens with one attached hydrogen (secondary N) is 3. The van der Waals surface area contributed by atoms with E-state index in [1.807, 2.05) is 96.8 Å². The van der Waals surface area contributed by atoms with Crippen LogP contribution in [0.5, 0.6) is 23.0 Å². The Bertz CT molecular complexity index is 4030. The number of likely N-dealkylation sites (tertiary alicyclic amines) is 1. The van der Waals surface area contributed by atoms with E-state index in [-0.39, 0.29) is 70.4 Å². The van der Waals surface area contributed by atoms with Crippen molar-refractivity contribution in [2.45, 2.75) is 102 Å². The molecule has 2 aliphatic rings. The Kier molecular flexibility index (Phi) is 19.6. The lowest BCUT2D eigenvalue weighted by atomic mass is 10.0. The standard InChI is InChI=1S/C65H78N12O10S2/c1-10-25-85-50-30-51(86-26-12-11-23-72(6)7)32-52(31-50)87-58-34-56-55(73(8)65(82)74(56)9)33-54(58)71-89(83,84)53-15-13-14-46(27-53)62(79)70-48-21-24-75(37-48)59-28-45(20-22-66-59)47-35-68-77(36-47)60(40(2)3)64(81)76-38-49(78)29-57(76)63(80)69-41(4)43-16-18-44(19-17-43)61-42(5)67-39-88-61/h13-20,22,27-28,30-36,39-41,48-49,57,60,71,78H,10-12,21,23-26,29,37-38H2,1-9H3,(H,69,80)(H,70,79)/t41-,48-,49+,57-,60-/m0/s1. The number of unbranched alkanes of at least 4 members (excludes halogenated alkanes) is 1. The molecule has 2 saturated heterocycles. The summed E-state index contributed by atoms with van der Waals surface area (Å²) >= 11 is 1.57. The van der Waals surface area contributed by atoms with Crippen molar-refractivity contribution < 1.29 is 42.1 Å². The van der Waals surface area contributed by atoms with Gasteiger partial charge < -0.3 is 44.7 Å². The van der Waals surface area contributed by atoms with E-state index in [2.05, 4.69) is 40.2 Å². The molecule has 2 aliphatic heterocycles. The van der Waals surface area contributed by atoms with Crippen LogP contribution in [0.3, 0.4) is 0 Å². The summed E-state index contributed by atoms with van der Waals surface area (Å²) in [7, 11) is 2.89. The summed E-state index contributed by atoms with van der Waals surface area (Å²) < 4.78 is 54.6. The fraction of sp³-hybridized carbons (Fsp3) is 0.400. The average Bonchev–Trinajstić information content (AvgIpc) is 1.78. The van der Waals surface area contributed by atoms with Crippen LogP contribution < -0.4 is 40.2 Å². The molecule has 10 rings (SSSR count). The lowest BCUT2D eigenvalue weighted by molar-refractivity contribution is -0.142. The minimum Gasteiger partial charge on any atom is -0.493 e. The monoisotopic (exact) mass is 1250 g/mol. The number of fused-ring (bicyclic) bond motifs is 1. The molecule has 0 radical (unpaired) electrons. The number of hydrogen-bond acceptors (Lipinski definition) is 16. The molecule has 4 aromatic heterocycles. The van der Waals surface area contributed by atoms with Crippen LogP contribution in [-0.4, -0.2) is 142 Å². The molecule has 22 nitrogen and oxygen atoms in total. The molecule has 8 aromatic rings. The van der Waals surface area contributed by atoms with Gasteiger partial charge in [-0.25, -0.2) is 23.2 Å². The Morgan fingerprint density at radius 3 is 2.29 bits per heavy atom. The van der Waals surface area contributed by atoms with Gasteiger partial charge >= 0.3 is 5.69 Å². The number of carbonyl (C=O) groups is 3. The second-order valence-electron chi connectivity index (χ2n) is 23.5. The Hall–Kier alpha value is -8.58. The van der Waals surface area contributed by atoms with Gasteiger partial charge in [-0.1, -0.05) is 51.1 Å². The summed E-state index contributed by atoms with van der Waals surface area (Å²) in [5.74, 6) is 0.770. The molecule has 0 saturated carbocycles. The number of ether oxygens (including phenoxy) is 3. The second-order valence-corrected chi connectivity index (χ2v) is 26.1. The number of amides is 3. The topological polar surface area (TPSA) is 250 Å². The van der Waals surface area contributed by atoms with Crippen LogP contribution in [0, 0.1) is 12.8 Å². The zero-order chi connectivity index (χ0) is 63.3. The molecule has 0 bridgehead atoms. The molecule has 5 atom stereocenters. The summed E-state index contributed by atoms with van der Waals surface area (Å²) in [6.45, 7) is 12.6. The average molecular weight is 1250 g/mol. The number of aliphatic hydroxyl groups excluding tert-OH is 1. The van der Waals surface area contributed by atoms with Crippen LogP contribution in [0.15, 0.2) is 125 Å². The Balaban J connectivity index is 0.787. The van der Waals surface area contributed by atoms with Gasteiger partial charge in [0.05, 0.1) is 69.3 Å². The summed E-state index contributed by atoms with van der Waals surface area (Å²) in [6.07, 6.45) is 7.56. The summed E-state index contributed by atoms with van der Waals surface area (Å²) in [5, 5.41) is 21.7. The number of rotatable bonds is 25. The molecule has 0 unspecified atom stereocenters. The van der Waals surface area contributed by atoms with Crippen LogP contribution in [0.1, 0.15) is 93.5 Å². The third-order valence-corrected chi connectivity index (χ3v) is 18.5. The number of sulfonamides is 1. The number of thiazole rings is 1. The highest BCUT2D eigenvalue weighted by Crippen LogP contribution is 2.39. The SMILES string of the molecule is CCCOc1cc(OCCCCN(C)C)cc(Oc2cc3c(cc2NS(=O)(=O)c2cccc(C(=O)N[C@H]4CCN(c5cc(-c6cnn([C@H](C(=O)N7C[C@H](O)C[C@H]7C(=O)N[C@@H](C)c7ccc(-c8scnc8C)cc7)C(C)C)c6)ccn5)C4)c2)n(C)c(=O)n3C)c1. The summed E-state index contributed by atoms with van der Waals surface area (Å²) in [6, 6.07) is 23.6. The number of aryl methyl sites for hydroxylation is 3. The molecule has 6 heterocycles. The number of anilines is 2. The largest absolute Gasteiger partial charge is 0.493 e. The van der Waals surface area contributed by atoms with Gasteiger partial charge in [0.1, 0.15) is 35.2 Å². The van der Waals surface area contributed by atoms with Gasteiger partial charge in [-0.05, 0) is 119 Å². The highest BCUT2D eigenvalue weighted by Gasteiger charge is 2.43. The highest BCUT2D eigenvalue weighted by atomic mass is 32.2. The fourth-order valence-corrected chi connectivity index (χ4v) is 13.3. The Morgan fingerprint density at radius 2 is 1.58 bits per heavy atom. The molecule has 24 heteroatoms. The highest BCUT2D eigenvalue weighted by molar-refractivity contribution is 7.92. The maximum Gasteiger partial charge on any atom is 0.328 e. The number of nitrogens with zero attached hydrogens (tertiary/aromatic N) is 9. The molecular weight excluding hydrogens is 1170 g/mol. The van der Waals surface area contributed by atoms with Crippen LogP contribution in [0.25, 0.3) is 32.6 Å². The number of imidazole rings is 1. The van der Waals surface area contributed by atoms with E-state index in [0.29, 0.717) is 66.8 Å². The number of β-amino-alcohol motifs (C(OH)–C–C–N with tert-alkyl or cyclic N) is 1. The number of aromatic nitrogens is 6. The molecule has 2 fully saturated rings. The van der Waals surface area contributed by atoms with Crippen molar-refractivity contribution in [2.75, 3.05) is 63.1 Å². The van der Waals surface area contributed by atoms with Crippen molar-refractivity contribution in [3.05, 3.63) is 142 Å². The first-order chi connectivity index (χ1) is 42.6. The second kappa shape index (κ2) is 27.4. The van der Waals surface area contributed by atoms with E-state index < -0.39 is 34.1 Å². The molecule has 0 aliphatic carbocycles. The predicted molar refractivity (Wildman–Crippen MR) is 343 cm³/mol. The summed E-state index contributed by atoms with van der Waals surface area (Å²) in [4.78, 5) is 71.2. The van der Waals surface area contributed by atoms with Crippen molar-refractivity contribution in [3.8, 4) is 44.6 Å². The number of pyridine rings is 1. The summed E-state index contributed by atoms with van der Waals surface area (Å²) in [5.41, 5.74) is 7.08. The third kappa shape index (κ3) is 14.6. The number of carbonyl (C=O) groups excluding carboxylic acids is 3. The molecule has 4 aromatic carbocycles. The molecule has 0 spiro atoms. The maximum absolute atomic E-state index is 14.6.